The number of hydrazine groups is 1. The molecule has 1 amide bonds. The monoisotopic (exact) mass is 346 g/mol. The van der Waals surface area contributed by atoms with Gasteiger partial charge in [-0.25, -0.2) is 9.82 Å². The van der Waals surface area contributed by atoms with Crippen LogP contribution in [0.3, 0.4) is 0 Å². The summed E-state index contributed by atoms with van der Waals surface area (Å²) in [6.07, 6.45) is 0. The lowest BCUT2D eigenvalue weighted by Gasteiger charge is -2.08. The summed E-state index contributed by atoms with van der Waals surface area (Å²) in [6.45, 7) is 0.377. The summed E-state index contributed by atoms with van der Waals surface area (Å²) in [7, 11) is 0. The van der Waals surface area contributed by atoms with Crippen LogP contribution in [-0.2, 0) is 6.54 Å². The van der Waals surface area contributed by atoms with Crippen LogP contribution in [0.1, 0.15) is 16.2 Å². The topological polar surface area (TPSA) is 95.6 Å². The number of aromatic amines is 1. The summed E-state index contributed by atoms with van der Waals surface area (Å²) in [5.41, 5.74) is 7.25. The molecule has 0 aliphatic carbocycles. The molecule has 0 atom stereocenters. The standard InChI is InChI=1S/C15H12ClFN6O/c16-11-5-6-13(17)12(7-11)10-3-1-9(2-4-10)8-18-21-15(24)14-19-22-23-20-14/h1-7,18H,8H2,(H,21,24)(H,19,20,22,23). The number of rotatable bonds is 5. The zero-order valence-electron chi connectivity index (χ0n) is 12.3. The molecule has 0 fully saturated rings. The minimum Gasteiger partial charge on any atom is -0.284 e. The molecule has 3 rings (SSSR count). The highest BCUT2D eigenvalue weighted by Gasteiger charge is 2.09. The Labute approximate surface area is 141 Å². The maximum absolute atomic E-state index is 13.8. The van der Waals surface area contributed by atoms with Crippen molar-refractivity contribution in [3.63, 3.8) is 0 Å². The largest absolute Gasteiger partial charge is 0.306 e. The molecule has 0 saturated carbocycles. The second-order valence-corrected chi connectivity index (χ2v) is 5.30. The molecule has 2 aromatic carbocycles. The Hall–Kier alpha value is -2.84. The maximum atomic E-state index is 13.8. The third-order valence-corrected chi connectivity index (χ3v) is 3.47. The van der Waals surface area contributed by atoms with Crippen molar-refractivity contribution in [1.82, 2.24) is 31.5 Å². The second kappa shape index (κ2) is 7.16. The van der Waals surface area contributed by atoms with Crippen molar-refractivity contribution in [2.45, 2.75) is 6.54 Å². The van der Waals surface area contributed by atoms with E-state index in [0.717, 1.165) is 11.1 Å². The molecule has 9 heteroatoms. The zero-order chi connectivity index (χ0) is 16.9. The lowest BCUT2D eigenvalue weighted by molar-refractivity contribution is 0.0921. The average molecular weight is 347 g/mol. The van der Waals surface area contributed by atoms with Gasteiger partial charge in [-0.05, 0) is 34.5 Å². The Bertz CT molecular complexity index is 838. The van der Waals surface area contributed by atoms with Gasteiger partial charge in [0.15, 0.2) is 0 Å². The van der Waals surface area contributed by atoms with Crippen LogP contribution in [0.25, 0.3) is 11.1 Å². The molecule has 3 aromatic rings. The van der Waals surface area contributed by atoms with E-state index in [1.165, 1.54) is 12.1 Å². The summed E-state index contributed by atoms with van der Waals surface area (Å²) in [5, 5.41) is 13.1. The zero-order valence-corrected chi connectivity index (χ0v) is 13.0. The van der Waals surface area contributed by atoms with Crippen LogP contribution in [0.15, 0.2) is 42.5 Å². The number of H-pyrrole nitrogens is 1. The number of nitrogens with one attached hydrogen (secondary N) is 3. The summed E-state index contributed by atoms with van der Waals surface area (Å²) >= 11 is 5.90. The van der Waals surface area contributed by atoms with E-state index < -0.39 is 5.91 Å². The minimum absolute atomic E-state index is 0.0609. The van der Waals surface area contributed by atoms with E-state index in [1.54, 1.807) is 18.2 Å². The fraction of sp³-hybridized carbons (Fsp3) is 0.0667. The van der Waals surface area contributed by atoms with Crippen molar-refractivity contribution >= 4 is 17.5 Å². The Balaban J connectivity index is 1.60. The SMILES string of the molecule is O=C(NNCc1ccc(-c2cc(Cl)ccc2F)cc1)c1nn[nH]n1. The Morgan fingerprint density at radius 1 is 1.21 bits per heavy atom. The Kier molecular flexibility index (Phi) is 4.78. The molecule has 0 spiro atoms. The lowest BCUT2D eigenvalue weighted by Crippen LogP contribution is -2.37. The van der Waals surface area contributed by atoms with E-state index >= 15 is 0 Å². The molecule has 0 unspecified atom stereocenters. The molecular formula is C15H12ClFN6O. The molecule has 0 aliphatic rings. The van der Waals surface area contributed by atoms with Gasteiger partial charge in [-0.15, -0.1) is 10.2 Å². The molecule has 3 N–H and O–H groups in total. The summed E-state index contributed by atoms with van der Waals surface area (Å²) in [5.74, 6) is -0.895. The first-order valence-electron chi connectivity index (χ1n) is 6.94. The first kappa shape index (κ1) is 16.0. The van der Waals surface area contributed by atoms with Gasteiger partial charge in [-0.2, -0.15) is 5.21 Å². The van der Waals surface area contributed by atoms with Gasteiger partial charge in [0.1, 0.15) is 5.82 Å². The van der Waals surface area contributed by atoms with Crippen LogP contribution < -0.4 is 10.9 Å². The predicted octanol–water partition coefficient (Wildman–Crippen LogP) is 2.09. The average Bonchev–Trinajstić information content (AvgIpc) is 3.12. The van der Waals surface area contributed by atoms with Gasteiger partial charge >= 0.3 is 5.91 Å². The van der Waals surface area contributed by atoms with Crippen LogP contribution in [0, 0.1) is 5.82 Å². The molecule has 0 radical (unpaired) electrons. The van der Waals surface area contributed by atoms with Crippen LogP contribution in [-0.4, -0.2) is 26.5 Å². The van der Waals surface area contributed by atoms with Crippen molar-refractivity contribution in [2.75, 3.05) is 0 Å². The number of hydrogen-bond donors (Lipinski definition) is 3. The number of amides is 1. The van der Waals surface area contributed by atoms with Crippen molar-refractivity contribution in [1.29, 1.82) is 0 Å². The Morgan fingerprint density at radius 3 is 2.71 bits per heavy atom. The molecule has 0 bridgehead atoms. The van der Waals surface area contributed by atoms with Crippen molar-refractivity contribution in [3.05, 3.63) is 64.7 Å². The number of tetrazole rings is 1. The van der Waals surface area contributed by atoms with Crippen molar-refractivity contribution < 1.29 is 9.18 Å². The van der Waals surface area contributed by atoms with Gasteiger partial charge in [0.05, 0.1) is 0 Å². The fourth-order valence-corrected chi connectivity index (χ4v) is 2.23. The first-order valence-corrected chi connectivity index (χ1v) is 7.32. The van der Waals surface area contributed by atoms with Crippen LogP contribution in [0.4, 0.5) is 4.39 Å². The maximum Gasteiger partial charge on any atom is 0.306 e. The quantitative estimate of drug-likeness (QED) is 0.615. The minimum atomic E-state index is -0.499. The van der Waals surface area contributed by atoms with Gasteiger partial charge < -0.3 is 0 Å². The summed E-state index contributed by atoms with van der Waals surface area (Å²) in [4.78, 5) is 11.6. The number of aromatic nitrogens is 4. The van der Waals surface area contributed by atoms with Gasteiger partial charge in [0.25, 0.3) is 5.82 Å². The predicted molar refractivity (Wildman–Crippen MR) is 85.3 cm³/mol. The summed E-state index contributed by atoms with van der Waals surface area (Å²) in [6, 6.07) is 11.6. The molecule has 1 aromatic heterocycles. The summed E-state index contributed by atoms with van der Waals surface area (Å²) < 4.78 is 13.8. The number of benzene rings is 2. The molecule has 7 nitrogen and oxygen atoms in total. The number of carbonyl (C=O) groups excluding carboxylic acids is 1. The number of carbonyl (C=O) groups is 1. The molecule has 1 heterocycles. The number of hydrogen-bond acceptors (Lipinski definition) is 5. The van der Waals surface area contributed by atoms with Gasteiger partial charge in [-0.3, -0.25) is 10.2 Å². The van der Waals surface area contributed by atoms with Crippen LogP contribution >= 0.6 is 11.6 Å². The second-order valence-electron chi connectivity index (χ2n) is 4.86. The Morgan fingerprint density at radius 2 is 2.00 bits per heavy atom. The highest BCUT2D eigenvalue weighted by Crippen LogP contribution is 2.26. The molecular weight excluding hydrogens is 335 g/mol. The van der Waals surface area contributed by atoms with E-state index in [9.17, 15) is 9.18 Å². The van der Waals surface area contributed by atoms with Gasteiger partial charge in [-0.1, -0.05) is 35.9 Å². The first-order chi connectivity index (χ1) is 11.6. The number of halogens is 2. The van der Waals surface area contributed by atoms with Crippen molar-refractivity contribution in [3.8, 4) is 11.1 Å². The van der Waals surface area contributed by atoms with E-state index in [2.05, 4.69) is 31.5 Å². The van der Waals surface area contributed by atoms with E-state index in [-0.39, 0.29) is 11.6 Å². The lowest BCUT2D eigenvalue weighted by atomic mass is 10.0. The number of nitrogens with zero attached hydrogens (tertiary/aromatic N) is 3. The van der Waals surface area contributed by atoms with Crippen LogP contribution in [0.5, 0.6) is 0 Å². The smallest absolute Gasteiger partial charge is 0.284 e. The van der Waals surface area contributed by atoms with Gasteiger partial charge in [0.2, 0.25) is 0 Å². The highest BCUT2D eigenvalue weighted by molar-refractivity contribution is 6.30. The molecule has 122 valence electrons. The molecule has 0 saturated heterocycles. The highest BCUT2D eigenvalue weighted by atomic mass is 35.5. The van der Waals surface area contributed by atoms with Crippen molar-refractivity contribution in [2.24, 2.45) is 0 Å². The third kappa shape index (κ3) is 3.73. The van der Waals surface area contributed by atoms with E-state index in [4.69, 9.17) is 11.6 Å². The van der Waals surface area contributed by atoms with E-state index in [0.29, 0.717) is 17.1 Å². The fourth-order valence-electron chi connectivity index (χ4n) is 2.06. The third-order valence-electron chi connectivity index (χ3n) is 3.24. The molecule has 0 aliphatic heterocycles. The molecule has 24 heavy (non-hydrogen) atoms. The van der Waals surface area contributed by atoms with E-state index in [1.807, 2.05) is 12.1 Å². The normalized spacial score (nSPS) is 10.6. The van der Waals surface area contributed by atoms with Gasteiger partial charge in [0, 0.05) is 17.1 Å². The van der Waals surface area contributed by atoms with Crippen LogP contribution in [0.2, 0.25) is 5.02 Å².